The summed E-state index contributed by atoms with van der Waals surface area (Å²) in [7, 11) is 0. The Bertz CT molecular complexity index is 519. The maximum Gasteiger partial charge on any atom is 0.328 e. The Morgan fingerprint density at radius 2 is 2.38 bits per heavy atom. The number of tetrazole rings is 1. The van der Waals surface area contributed by atoms with Gasteiger partial charge in [-0.05, 0) is 41.3 Å². The van der Waals surface area contributed by atoms with E-state index in [9.17, 15) is 4.79 Å². The Kier molecular flexibility index (Phi) is 2.69. The number of rotatable bonds is 3. The predicted molar refractivity (Wildman–Crippen MR) is 58.2 cm³/mol. The van der Waals surface area contributed by atoms with Gasteiger partial charge in [0, 0.05) is 0 Å². The number of nitrogens with zero attached hydrogens (tertiary/aromatic N) is 4. The van der Waals surface area contributed by atoms with E-state index in [0.29, 0.717) is 5.82 Å². The predicted octanol–water partition coefficient (Wildman–Crippen LogP) is 1.36. The summed E-state index contributed by atoms with van der Waals surface area (Å²) in [5.41, 5.74) is 1.04. The number of hydrogen-bond acceptors (Lipinski definition) is 5. The number of aliphatic carboxylic acids is 1. The molecule has 0 bridgehead atoms. The summed E-state index contributed by atoms with van der Waals surface area (Å²) in [6.07, 6.45) is 0. The van der Waals surface area contributed by atoms with Gasteiger partial charge in [-0.2, -0.15) is 0 Å². The normalized spacial score (nSPS) is 12.6. The zero-order valence-corrected chi connectivity index (χ0v) is 9.60. The molecule has 0 fully saturated rings. The van der Waals surface area contributed by atoms with E-state index in [1.54, 1.807) is 6.92 Å². The van der Waals surface area contributed by atoms with Crippen LogP contribution in [0.15, 0.2) is 11.4 Å². The van der Waals surface area contributed by atoms with E-state index >= 15 is 0 Å². The third kappa shape index (κ3) is 1.69. The molecule has 1 atom stereocenters. The van der Waals surface area contributed by atoms with Crippen LogP contribution in [0.2, 0.25) is 0 Å². The Labute approximate surface area is 95.5 Å². The molecule has 2 aromatic heterocycles. The van der Waals surface area contributed by atoms with Gasteiger partial charge in [0.15, 0.2) is 11.9 Å². The average molecular weight is 238 g/mol. The monoisotopic (exact) mass is 238 g/mol. The van der Waals surface area contributed by atoms with Crippen LogP contribution in [0.25, 0.3) is 10.7 Å². The Morgan fingerprint density at radius 1 is 1.62 bits per heavy atom. The van der Waals surface area contributed by atoms with Crippen molar-refractivity contribution >= 4 is 17.3 Å². The van der Waals surface area contributed by atoms with Gasteiger partial charge in [-0.3, -0.25) is 0 Å². The van der Waals surface area contributed by atoms with Gasteiger partial charge in [0.1, 0.15) is 0 Å². The molecule has 0 aliphatic heterocycles. The van der Waals surface area contributed by atoms with Crippen LogP contribution < -0.4 is 0 Å². The van der Waals surface area contributed by atoms with Crippen molar-refractivity contribution in [3.8, 4) is 10.7 Å². The highest BCUT2D eigenvalue weighted by Gasteiger charge is 2.21. The number of aryl methyl sites for hydroxylation is 1. The second kappa shape index (κ2) is 4.01. The Hall–Kier alpha value is -1.76. The van der Waals surface area contributed by atoms with Crippen molar-refractivity contribution in [2.45, 2.75) is 19.9 Å². The third-order valence-corrected chi connectivity index (χ3v) is 3.29. The van der Waals surface area contributed by atoms with Crippen LogP contribution in [0.3, 0.4) is 0 Å². The standard InChI is InChI=1S/C9H10N4O2S/c1-5-3-4-16-7(5)8-10-11-12-13(8)6(2)9(14)15/h3-4,6H,1-2H3,(H,14,15). The van der Waals surface area contributed by atoms with Crippen LogP contribution >= 0.6 is 11.3 Å². The molecule has 2 heterocycles. The molecule has 2 rings (SSSR count). The average Bonchev–Trinajstić information content (AvgIpc) is 2.84. The minimum atomic E-state index is -0.956. The quantitative estimate of drug-likeness (QED) is 0.873. The molecule has 1 unspecified atom stereocenters. The Balaban J connectivity index is 2.48. The van der Waals surface area contributed by atoms with E-state index in [1.165, 1.54) is 16.0 Å². The van der Waals surface area contributed by atoms with Gasteiger partial charge < -0.3 is 5.11 Å². The number of hydrogen-bond donors (Lipinski definition) is 1. The minimum absolute atomic E-state index is 0.502. The molecule has 0 spiro atoms. The first-order valence-electron chi connectivity index (χ1n) is 4.66. The molecule has 0 aliphatic rings. The van der Waals surface area contributed by atoms with Crippen molar-refractivity contribution in [3.63, 3.8) is 0 Å². The smallest absolute Gasteiger partial charge is 0.328 e. The molecule has 16 heavy (non-hydrogen) atoms. The fourth-order valence-corrected chi connectivity index (χ4v) is 2.21. The van der Waals surface area contributed by atoms with Gasteiger partial charge in [0.05, 0.1) is 4.88 Å². The molecule has 0 saturated heterocycles. The summed E-state index contributed by atoms with van der Waals surface area (Å²) in [5, 5.41) is 22.0. The summed E-state index contributed by atoms with van der Waals surface area (Å²) in [6.45, 7) is 3.49. The van der Waals surface area contributed by atoms with E-state index in [0.717, 1.165) is 10.4 Å². The number of carboxylic acids is 1. The molecule has 84 valence electrons. The molecule has 2 aromatic rings. The molecular formula is C9H10N4O2S. The fourth-order valence-electron chi connectivity index (χ4n) is 1.31. The number of thiophene rings is 1. The molecular weight excluding hydrogens is 228 g/mol. The molecule has 0 amide bonds. The van der Waals surface area contributed by atoms with Crippen molar-refractivity contribution in [2.75, 3.05) is 0 Å². The lowest BCUT2D eigenvalue weighted by Gasteiger charge is -2.07. The highest BCUT2D eigenvalue weighted by molar-refractivity contribution is 7.13. The summed E-state index contributed by atoms with van der Waals surface area (Å²) in [5.74, 6) is -0.454. The van der Waals surface area contributed by atoms with Crippen LogP contribution in [-0.4, -0.2) is 31.3 Å². The van der Waals surface area contributed by atoms with E-state index < -0.39 is 12.0 Å². The number of aromatic nitrogens is 4. The lowest BCUT2D eigenvalue weighted by molar-refractivity contribution is -0.140. The van der Waals surface area contributed by atoms with Crippen molar-refractivity contribution in [1.82, 2.24) is 20.2 Å². The van der Waals surface area contributed by atoms with E-state index in [2.05, 4.69) is 15.5 Å². The lowest BCUT2D eigenvalue weighted by atomic mass is 10.2. The second-order valence-electron chi connectivity index (χ2n) is 3.39. The third-order valence-electron chi connectivity index (χ3n) is 2.28. The van der Waals surface area contributed by atoms with Crippen LogP contribution in [-0.2, 0) is 4.79 Å². The largest absolute Gasteiger partial charge is 0.480 e. The highest BCUT2D eigenvalue weighted by Crippen LogP contribution is 2.28. The van der Waals surface area contributed by atoms with Crippen molar-refractivity contribution in [1.29, 1.82) is 0 Å². The van der Waals surface area contributed by atoms with Gasteiger partial charge in [-0.1, -0.05) is 0 Å². The molecule has 0 radical (unpaired) electrons. The van der Waals surface area contributed by atoms with E-state index in [-0.39, 0.29) is 0 Å². The summed E-state index contributed by atoms with van der Waals surface area (Å²) < 4.78 is 1.32. The lowest BCUT2D eigenvalue weighted by Crippen LogP contribution is -2.17. The summed E-state index contributed by atoms with van der Waals surface area (Å²) >= 11 is 1.49. The first-order valence-corrected chi connectivity index (χ1v) is 5.54. The molecule has 7 heteroatoms. The van der Waals surface area contributed by atoms with Gasteiger partial charge >= 0.3 is 5.97 Å². The van der Waals surface area contributed by atoms with E-state index in [1.807, 2.05) is 18.4 Å². The number of carboxylic acid groups (broad SMARTS) is 1. The van der Waals surface area contributed by atoms with Crippen LogP contribution in [0, 0.1) is 6.92 Å². The van der Waals surface area contributed by atoms with Crippen molar-refractivity contribution in [2.24, 2.45) is 0 Å². The molecule has 6 nitrogen and oxygen atoms in total. The minimum Gasteiger partial charge on any atom is -0.480 e. The Morgan fingerprint density at radius 3 is 2.94 bits per heavy atom. The maximum atomic E-state index is 10.9. The fraction of sp³-hybridized carbons (Fsp3) is 0.333. The topological polar surface area (TPSA) is 80.9 Å². The highest BCUT2D eigenvalue weighted by atomic mass is 32.1. The van der Waals surface area contributed by atoms with Crippen LogP contribution in [0.4, 0.5) is 0 Å². The van der Waals surface area contributed by atoms with Crippen LogP contribution in [0.5, 0.6) is 0 Å². The van der Waals surface area contributed by atoms with Crippen LogP contribution in [0.1, 0.15) is 18.5 Å². The molecule has 0 aromatic carbocycles. The maximum absolute atomic E-state index is 10.9. The van der Waals surface area contributed by atoms with Gasteiger partial charge in [0.2, 0.25) is 0 Å². The first-order chi connectivity index (χ1) is 7.61. The molecule has 0 aliphatic carbocycles. The zero-order chi connectivity index (χ0) is 11.7. The first kappa shape index (κ1) is 10.7. The zero-order valence-electron chi connectivity index (χ0n) is 8.78. The van der Waals surface area contributed by atoms with Crippen molar-refractivity contribution in [3.05, 3.63) is 17.0 Å². The number of carbonyl (C=O) groups is 1. The van der Waals surface area contributed by atoms with Crippen molar-refractivity contribution < 1.29 is 9.90 Å². The molecule has 0 saturated carbocycles. The van der Waals surface area contributed by atoms with Gasteiger partial charge in [0.25, 0.3) is 0 Å². The van der Waals surface area contributed by atoms with E-state index in [4.69, 9.17) is 5.11 Å². The SMILES string of the molecule is Cc1ccsc1-c1nnnn1C(C)C(=O)O. The second-order valence-corrected chi connectivity index (χ2v) is 4.31. The van der Waals surface area contributed by atoms with Gasteiger partial charge in [-0.25, -0.2) is 9.48 Å². The van der Waals surface area contributed by atoms with Gasteiger partial charge in [-0.15, -0.1) is 16.4 Å². The molecule has 1 N–H and O–H groups in total. The summed E-state index contributed by atoms with van der Waals surface area (Å²) in [4.78, 5) is 11.8. The summed E-state index contributed by atoms with van der Waals surface area (Å²) in [6, 6.07) is 1.18.